The molecule has 28 heavy (non-hydrogen) atoms. The van der Waals surface area contributed by atoms with Crippen LogP contribution in [0.3, 0.4) is 0 Å². The fourth-order valence-electron chi connectivity index (χ4n) is 3.04. The third-order valence-electron chi connectivity index (χ3n) is 4.81. The maximum absolute atomic E-state index is 6.08. The number of hydrogen-bond donors (Lipinski definition) is 1. The van der Waals surface area contributed by atoms with Crippen molar-refractivity contribution in [1.82, 2.24) is 0 Å². The van der Waals surface area contributed by atoms with E-state index in [2.05, 4.69) is 74.3 Å². The summed E-state index contributed by atoms with van der Waals surface area (Å²) in [6.07, 6.45) is 1.59. The molecule has 2 nitrogen and oxygen atoms in total. The zero-order valence-electron chi connectivity index (χ0n) is 16.7. The molecule has 0 unspecified atom stereocenters. The first-order valence-corrected chi connectivity index (χ1v) is 9.97. The zero-order chi connectivity index (χ0) is 20.1. The van der Waals surface area contributed by atoms with Crippen LogP contribution in [-0.2, 0) is 11.8 Å². The van der Waals surface area contributed by atoms with Gasteiger partial charge in [0.05, 0.1) is 11.5 Å². The molecule has 0 radical (unpaired) electrons. The second-order valence-electron chi connectivity index (χ2n) is 8.10. The molecule has 0 fully saturated rings. The number of aryl methyl sites for hydroxylation is 1. The summed E-state index contributed by atoms with van der Waals surface area (Å²) in [5, 5.41) is 0.700. The Balaban J connectivity index is 1.62. The van der Waals surface area contributed by atoms with Crippen molar-refractivity contribution >= 4 is 23.1 Å². The number of halogens is 1. The van der Waals surface area contributed by atoms with E-state index in [0.29, 0.717) is 10.9 Å². The molecule has 0 aromatic heterocycles. The highest BCUT2D eigenvalue weighted by molar-refractivity contribution is 6.30. The highest BCUT2D eigenvalue weighted by Crippen LogP contribution is 2.26. The van der Waals surface area contributed by atoms with Crippen molar-refractivity contribution in [3.8, 4) is 11.1 Å². The van der Waals surface area contributed by atoms with Gasteiger partial charge in [-0.15, -0.1) is 0 Å². The van der Waals surface area contributed by atoms with Crippen molar-refractivity contribution in [3.63, 3.8) is 0 Å². The number of benzene rings is 3. The van der Waals surface area contributed by atoms with Gasteiger partial charge >= 0.3 is 0 Å². The molecular formula is C25H27ClN2. The number of nitrogens with two attached hydrogens (primary N) is 1. The van der Waals surface area contributed by atoms with E-state index in [9.17, 15) is 0 Å². The Morgan fingerprint density at radius 2 is 1.36 bits per heavy atom. The Labute approximate surface area is 173 Å². The van der Waals surface area contributed by atoms with Crippen LogP contribution in [0.4, 0.5) is 5.69 Å². The number of aliphatic imine (C=N–C) groups is 1. The van der Waals surface area contributed by atoms with E-state index in [0.717, 1.165) is 18.5 Å². The minimum absolute atomic E-state index is 0.176. The fourth-order valence-corrected chi connectivity index (χ4v) is 3.16. The molecule has 144 valence electrons. The van der Waals surface area contributed by atoms with Crippen LogP contribution in [0.2, 0.25) is 5.02 Å². The molecule has 0 aliphatic carbocycles. The molecule has 0 saturated heterocycles. The molecule has 3 heteroatoms. The second kappa shape index (κ2) is 8.62. The summed E-state index contributed by atoms with van der Waals surface area (Å²) in [6.45, 7) is 6.70. The molecule has 0 aliphatic rings. The van der Waals surface area contributed by atoms with E-state index in [4.69, 9.17) is 17.3 Å². The number of hydrogen-bond acceptors (Lipinski definition) is 1. The van der Waals surface area contributed by atoms with Crippen LogP contribution in [0, 0.1) is 0 Å². The normalized spacial score (nSPS) is 12.2. The average Bonchev–Trinajstić information content (AvgIpc) is 2.68. The van der Waals surface area contributed by atoms with Gasteiger partial charge in [-0.05, 0) is 58.4 Å². The third-order valence-corrected chi connectivity index (χ3v) is 5.06. The summed E-state index contributed by atoms with van der Waals surface area (Å²) in [5.74, 6) is 0.629. The lowest BCUT2D eigenvalue weighted by molar-refractivity contribution is 0.590. The van der Waals surface area contributed by atoms with Crippen LogP contribution < -0.4 is 5.73 Å². The zero-order valence-corrected chi connectivity index (χ0v) is 17.5. The minimum Gasteiger partial charge on any atom is -0.387 e. The Morgan fingerprint density at radius 3 is 1.89 bits per heavy atom. The summed E-state index contributed by atoms with van der Waals surface area (Å²) in [6, 6.07) is 24.9. The predicted octanol–water partition coefficient (Wildman–Crippen LogP) is 6.93. The largest absolute Gasteiger partial charge is 0.387 e. The molecule has 0 bridgehead atoms. The van der Waals surface area contributed by atoms with E-state index < -0.39 is 0 Å². The number of amidine groups is 1. The molecule has 0 atom stereocenters. The van der Waals surface area contributed by atoms with Gasteiger partial charge in [0.2, 0.25) is 0 Å². The molecule has 3 aromatic rings. The molecule has 0 heterocycles. The van der Waals surface area contributed by atoms with Crippen molar-refractivity contribution in [2.24, 2.45) is 10.7 Å². The van der Waals surface area contributed by atoms with E-state index in [1.54, 1.807) is 0 Å². The predicted molar refractivity (Wildman–Crippen MR) is 122 cm³/mol. The van der Waals surface area contributed by atoms with Crippen LogP contribution in [-0.4, -0.2) is 5.84 Å². The van der Waals surface area contributed by atoms with E-state index in [1.165, 1.54) is 22.3 Å². The van der Waals surface area contributed by atoms with Gasteiger partial charge in [-0.2, -0.15) is 0 Å². The van der Waals surface area contributed by atoms with Crippen LogP contribution in [0.25, 0.3) is 11.1 Å². The summed E-state index contributed by atoms with van der Waals surface area (Å²) < 4.78 is 0. The van der Waals surface area contributed by atoms with Crippen molar-refractivity contribution in [1.29, 1.82) is 0 Å². The second-order valence-corrected chi connectivity index (χ2v) is 8.54. The van der Waals surface area contributed by atoms with E-state index >= 15 is 0 Å². The molecule has 0 saturated carbocycles. The van der Waals surface area contributed by atoms with Crippen LogP contribution >= 0.6 is 11.6 Å². The summed E-state index contributed by atoms with van der Waals surface area (Å²) in [4.78, 5) is 4.44. The maximum atomic E-state index is 6.08. The van der Waals surface area contributed by atoms with Gasteiger partial charge in [-0.1, -0.05) is 80.9 Å². The monoisotopic (exact) mass is 390 g/mol. The van der Waals surface area contributed by atoms with Crippen LogP contribution in [0.1, 0.15) is 38.3 Å². The minimum atomic E-state index is 0.176. The maximum Gasteiger partial charge on any atom is 0.0999 e. The summed E-state index contributed by atoms with van der Waals surface area (Å²) >= 11 is 5.89. The van der Waals surface area contributed by atoms with Crippen molar-refractivity contribution in [2.45, 2.75) is 39.0 Å². The van der Waals surface area contributed by atoms with Gasteiger partial charge in [0.25, 0.3) is 0 Å². The number of nitrogens with zero attached hydrogens (tertiary/aromatic N) is 1. The molecule has 0 spiro atoms. The Morgan fingerprint density at radius 1 is 0.821 bits per heavy atom. The van der Waals surface area contributed by atoms with Gasteiger partial charge < -0.3 is 5.73 Å². The Kier molecular flexibility index (Phi) is 6.21. The molecule has 3 rings (SSSR count). The Hall–Kier alpha value is -2.58. The molecular weight excluding hydrogens is 364 g/mol. The van der Waals surface area contributed by atoms with Gasteiger partial charge in [0, 0.05) is 11.4 Å². The highest BCUT2D eigenvalue weighted by atomic mass is 35.5. The standard InChI is InChI=1S/C25H27ClN2/c1-25(2,3)21-11-9-20(10-12-21)19-7-4-18(5-8-19)6-17-24(27)28-23-15-13-22(26)14-16-23/h4-5,7-16H,6,17H2,1-3H3,(H2,27,28). The summed E-state index contributed by atoms with van der Waals surface area (Å²) in [7, 11) is 0. The fraction of sp³-hybridized carbons (Fsp3) is 0.240. The lowest BCUT2D eigenvalue weighted by Gasteiger charge is -2.19. The third kappa shape index (κ3) is 5.46. The summed E-state index contributed by atoms with van der Waals surface area (Å²) in [5.41, 5.74) is 12.2. The molecule has 0 aliphatic heterocycles. The van der Waals surface area contributed by atoms with E-state index in [-0.39, 0.29) is 5.41 Å². The molecule has 2 N–H and O–H groups in total. The van der Waals surface area contributed by atoms with Crippen molar-refractivity contribution in [3.05, 3.63) is 88.9 Å². The topological polar surface area (TPSA) is 38.4 Å². The average molecular weight is 391 g/mol. The first-order chi connectivity index (χ1) is 13.3. The highest BCUT2D eigenvalue weighted by Gasteiger charge is 2.13. The van der Waals surface area contributed by atoms with Gasteiger partial charge in [-0.25, -0.2) is 4.99 Å². The van der Waals surface area contributed by atoms with E-state index in [1.807, 2.05) is 24.3 Å². The first-order valence-electron chi connectivity index (χ1n) is 9.60. The van der Waals surface area contributed by atoms with Gasteiger partial charge in [0.15, 0.2) is 0 Å². The first kappa shape index (κ1) is 20.2. The quantitative estimate of drug-likeness (QED) is 0.372. The Bertz CT molecular complexity index is 932. The SMILES string of the molecule is CC(C)(C)c1ccc(-c2ccc(CCC(N)=Nc3ccc(Cl)cc3)cc2)cc1. The molecule has 0 amide bonds. The van der Waals surface area contributed by atoms with Crippen molar-refractivity contribution < 1.29 is 0 Å². The van der Waals surface area contributed by atoms with Gasteiger partial charge in [-0.3, -0.25) is 0 Å². The van der Waals surface area contributed by atoms with Crippen molar-refractivity contribution in [2.75, 3.05) is 0 Å². The lowest BCUT2D eigenvalue weighted by atomic mass is 9.86. The van der Waals surface area contributed by atoms with Gasteiger partial charge in [0.1, 0.15) is 0 Å². The molecule has 3 aromatic carbocycles. The number of rotatable bonds is 5. The lowest BCUT2D eigenvalue weighted by Crippen LogP contribution is -2.12. The smallest absolute Gasteiger partial charge is 0.0999 e. The van der Waals surface area contributed by atoms with Crippen LogP contribution in [0.15, 0.2) is 77.8 Å². The van der Waals surface area contributed by atoms with Crippen LogP contribution in [0.5, 0.6) is 0 Å².